The number of carbonyl (C=O) groups is 2. The molecule has 2 aromatic carbocycles. The number of hydrogen-bond donors (Lipinski definition) is 1. The summed E-state index contributed by atoms with van der Waals surface area (Å²) in [5.41, 5.74) is 1.71. The Hall–Kier alpha value is -3.22. The third-order valence-electron chi connectivity index (χ3n) is 3.62. The van der Waals surface area contributed by atoms with Gasteiger partial charge >= 0.3 is 5.97 Å². The zero-order chi connectivity index (χ0) is 19.1. The maximum atomic E-state index is 12.1. The van der Waals surface area contributed by atoms with Crippen molar-refractivity contribution in [1.82, 2.24) is 0 Å². The van der Waals surface area contributed by atoms with Crippen LogP contribution in [-0.2, 0) is 9.53 Å². The van der Waals surface area contributed by atoms with Gasteiger partial charge in [0, 0.05) is 25.8 Å². The smallest absolute Gasteiger partial charge is 0.338 e. The minimum absolute atomic E-state index is 0.381. The average molecular weight is 358 g/mol. The number of nitrogens with zero attached hydrogens (tertiary/aromatic N) is 1. The molecule has 0 aliphatic rings. The molecule has 0 bridgehead atoms. The fourth-order valence-corrected chi connectivity index (χ4v) is 2.21. The van der Waals surface area contributed by atoms with Crippen LogP contribution < -0.4 is 19.7 Å². The lowest BCUT2D eigenvalue weighted by Crippen LogP contribution is -2.21. The van der Waals surface area contributed by atoms with Gasteiger partial charge in [-0.05, 0) is 30.3 Å². The minimum atomic E-state index is -0.564. The highest BCUT2D eigenvalue weighted by molar-refractivity contribution is 5.96. The Morgan fingerprint density at radius 2 is 1.81 bits per heavy atom. The molecule has 0 atom stereocenters. The van der Waals surface area contributed by atoms with Gasteiger partial charge in [-0.2, -0.15) is 0 Å². The second-order valence-electron chi connectivity index (χ2n) is 5.64. The van der Waals surface area contributed by atoms with E-state index < -0.39 is 18.5 Å². The summed E-state index contributed by atoms with van der Waals surface area (Å²) in [5, 5.41) is 2.64. The molecule has 0 aliphatic carbocycles. The predicted octanol–water partition coefficient (Wildman–Crippen LogP) is 2.57. The van der Waals surface area contributed by atoms with Crippen LogP contribution in [0.4, 0.5) is 11.4 Å². The summed E-state index contributed by atoms with van der Waals surface area (Å²) in [7, 11) is 6.78. The monoisotopic (exact) mass is 358 g/mol. The van der Waals surface area contributed by atoms with E-state index in [0.29, 0.717) is 22.7 Å². The molecule has 0 heterocycles. The Kier molecular flexibility index (Phi) is 6.43. The van der Waals surface area contributed by atoms with Crippen molar-refractivity contribution in [2.24, 2.45) is 0 Å². The second-order valence-corrected chi connectivity index (χ2v) is 5.64. The number of ether oxygens (including phenoxy) is 3. The van der Waals surface area contributed by atoms with Crippen molar-refractivity contribution in [2.75, 3.05) is 45.1 Å². The molecule has 7 nitrogen and oxygen atoms in total. The Morgan fingerprint density at radius 1 is 1.04 bits per heavy atom. The third kappa shape index (κ3) is 4.89. The first-order valence-electron chi connectivity index (χ1n) is 7.91. The molecular formula is C19H22N2O5. The highest BCUT2D eigenvalue weighted by Crippen LogP contribution is 2.28. The molecule has 2 rings (SSSR count). The van der Waals surface area contributed by atoms with Gasteiger partial charge in [-0.25, -0.2) is 4.79 Å². The molecule has 0 spiro atoms. The molecule has 26 heavy (non-hydrogen) atoms. The van der Waals surface area contributed by atoms with Crippen LogP contribution in [0.5, 0.6) is 11.5 Å². The topological polar surface area (TPSA) is 77.1 Å². The maximum absolute atomic E-state index is 12.1. The van der Waals surface area contributed by atoms with E-state index >= 15 is 0 Å². The number of benzene rings is 2. The molecule has 0 fully saturated rings. The van der Waals surface area contributed by atoms with Crippen LogP contribution in [-0.4, -0.2) is 46.8 Å². The normalized spacial score (nSPS) is 10.0. The van der Waals surface area contributed by atoms with Gasteiger partial charge in [0.15, 0.2) is 6.61 Å². The quantitative estimate of drug-likeness (QED) is 0.767. The Morgan fingerprint density at radius 3 is 2.46 bits per heavy atom. The van der Waals surface area contributed by atoms with Gasteiger partial charge in [0.2, 0.25) is 0 Å². The largest absolute Gasteiger partial charge is 0.497 e. The number of esters is 1. The molecule has 1 amide bonds. The SMILES string of the molecule is COc1ccc(NC(=O)COC(=O)c2cccc(N(C)C)c2)c(OC)c1. The molecule has 0 aliphatic heterocycles. The molecule has 0 saturated heterocycles. The lowest BCUT2D eigenvalue weighted by molar-refractivity contribution is -0.119. The van der Waals surface area contributed by atoms with Crippen LogP contribution in [0.1, 0.15) is 10.4 Å². The number of hydrogen-bond acceptors (Lipinski definition) is 6. The van der Waals surface area contributed by atoms with Crippen LogP contribution in [0.15, 0.2) is 42.5 Å². The van der Waals surface area contributed by atoms with E-state index in [1.54, 1.807) is 36.4 Å². The van der Waals surface area contributed by atoms with Gasteiger partial charge in [-0.15, -0.1) is 0 Å². The fraction of sp³-hybridized carbons (Fsp3) is 0.263. The standard InChI is InChI=1S/C19H22N2O5/c1-21(2)14-7-5-6-13(10-14)19(23)26-12-18(22)20-16-9-8-15(24-3)11-17(16)25-4/h5-11H,12H2,1-4H3,(H,20,22). The molecule has 0 aromatic heterocycles. The van der Waals surface area contributed by atoms with E-state index in [1.807, 2.05) is 25.1 Å². The summed E-state index contributed by atoms with van der Waals surface area (Å²) in [4.78, 5) is 26.1. The summed E-state index contributed by atoms with van der Waals surface area (Å²) < 4.78 is 15.4. The van der Waals surface area contributed by atoms with E-state index in [-0.39, 0.29) is 0 Å². The van der Waals surface area contributed by atoms with Crippen LogP contribution in [0.3, 0.4) is 0 Å². The molecule has 7 heteroatoms. The molecule has 0 unspecified atom stereocenters. The van der Waals surface area contributed by atoms with Crippen molar-refractivity contribution in [1.29, 1.82) is 0 Å². The van der Waals surface area contributed by atoms with E-state index in [4.69, 9.17) is 14.2 Å². The molecule has 0 radical (unpaired) electrons. The zero-order valence-electron chi connectivity index (χ0n) is 15.2. The number of methoxy groups -OCH3 is 2. The first-order chi connectivity index (χ1) is 12.4. The van der Waals surface area contributed by atoms with Gasteiger partial charge in [-0.1, -0.05) is 6.07 Å². The molecule has 138 valence electrons. The number of rotatable bonds is 7. The lowest BCUT2D eigenvalue weighted by Gasteiger charge is -2.13. The van der Waals surface area contributed by atoms with Gasteiger partial charge in [0.25, 0.3) is 5.91 Å². The van der Waals surface area contributed by atoms with Gasteiger partial charge in [-0.3, -0.25) is 4.79 Å². The van der Waals surface area contributed by atoms with Crippen LogP contribution in [0, 0.1) is 0 Å². The first kappa shape index (κ1) is 19.1. The predicted molar refractivity (Wildman–Crippen MR) is 99.2 cm³/mol. The van der Waals surface area contributed by atoms with E-state index in [1.165, 1.54) is 14.2 Å². The molecular weight excluding hydrogens is 336 g/mol. The summed E-state index contributed by atoms with van der Waals surface area (Å²) in [6.45, 7) is -0.403. The van der Waals surface area contributed by atoms with Gasteiger partial charge < -0.3 is 24.4 Å². The van der Waals surface area contributed by atoms with Crippen LogP contribution in [0.25, 0.3) is 0 Å². The maximum Gasteiger partial charge on any atom is 0.338 e. The summed E-state index contributed by atoms with van der Waals surface area (Å²) in [5.74, 6) is 0.0193. The Bertz CT molecular complexity index is 789. The molecule has 2 aromatic rings. The second kappa shape index (κ2) is 8.75. The average Bonchev–Trinajstić information content (AvgIpc) is 2.66. The summed E-state index contributed by atoms with van der Waals surface area (Å²) in [6.07, 6.45) is 0. The van der Waals surface area contributed by atoms with Crippen LogP contribution >= 0.6 is 0 Å². The Labute approximate surface area is 152 Å². The zero-order valence-corrected chi connectivity index (χ0v) is 15.2. The lowest BCUT2D eigenvalue weighted by atomic mass is 10.2. The minimum Gasteiger partial charge on any atom is -0.497 e. The molecule has 0 saturated carbocycles. The van der Waals surface area contributed by atoms with E-state index in [0.717, 1.165) is 5.69 Å². The fourth-order valence-electron chi connectivity index (χ4n) is 2.21. The third-order valence-corrected chi connectivity index (χ3v) is 3.62. The van der Waals surface area contributed by atoms with Gasteiger partial charge in [0.05, 0.1) is 25.5 Å². The van der Waals surface area contributed by atoms with Crippen molar-refractivity contribution in [2.45, 2.75) is 0 Å². The summed E-state index contributed by atoms with van der Waals surface area (Å²) in [6, 6.07) is 12.0. The Balaban J connectivity index is 1.96. The summed E-state index contributed by atoms with van der Waals surface area (Å²) >= 11 is 0. The highest BCUT2D eigenvalue weighted by Gasteiger charge is 2.13. The van der Waals surface area contributed by atoms with E-state index in [2.05, 4.69) is 5.32 Å². The highest BCUT2D eigenvalue weighted by atomic mass is 16.5. The molecule has 1 N–H and O–H groups in total. The van der Waals surface area contributed by atoms with Crippen molar-refractivity contribution in [3.63, 3.8) is 0 Å². The number of carbonyl (C=O) groups excluding carboxylic acids is 2. The van der Waals surface area contributed by atoms with E-state index in [9.17, 15) is 9.59 Å². The number of amides is 1. The van der Waals surface area contributed by atoms with Crippen molar-refractivity contribution >= 4 is 23.3 Å². The van der Waals surface area contributed by atoms with Crippen molar-refractivity contribution in [3.05, 3.63) is 48.0 Å². The van der Waals surface area contributed by atoms with Crippen LogP contribution in [0.2, 0.25) is 0 Å². The number of anilines is 2. The number of nitrogens with one attached hydrogen (secondary N) is 1. The first-order valence-corrected chi connectivity index (χ1v) is 7.91. The van der Waals surface area contributed by atoms with Crippen molar-refractivity contribution in [3.8, 4) is 11.5 Å². The van der Waals surface area contributed by atoms with Crippen molar-refractivity contribution < 1.29 is 23.8 Å². The van der Waals surface area contributed by atoms with Gasteiger partial charge in [0.1, 0.15) is 11.5 Å².